The SMILES string of the molecule is CC(=O)N[C@@H](Cc1c[nH]c2ccccc12)C(=O)OCC(=O)N(c1ccccc1)C(C)C. The van der Waals surface area contributed by atoms with E-state index in [0.29, 0.717) is 0 Å². The summed E-state index contributed by atoms with van der Waals surface area (Å²) in [6.45, 7) is 4.72. The Bertz CT molecular complexity index is 1060. The maximum Gasteiger partial charge on any atom is 0.329 e. The summed E-state index contributed by atoms with van der Waals surface area (Å²) in [6, 6.07) is 15.9. The molecule has 3 rings (SSSR count). The predicted molar refractivity (Wildman–Crippen MR) is 120 cm³/mol. The molecule has 1 heterocycles. The quantitative estimate of drug-likeness (QED) is 0.547. The summed E-state index contributed by atoms with van der Waals surface area (Å²) in [5.74, 6) is -1.32. The average Bonchev–Trinajstić information content (AvgIpc) is 3.15. The number of para-hydroxylation sites is 2. The molecule has 7 heteroatoms. The Kier molecular flexibility index (Phi) is 7.07. The van der Waals surface area contributed by atoms with Crippen molar-refractivity contribution in [3.63, 3.8) is 0 Å². The Balaban J connectivity index is 1.70. The topological polar surface area (TPSA) is 91.5 Å². The van der Waals surface area contributed by atoms with Crippen molar-refractivity contribution in [3.05, 3.63) is 66.4 Å². The highest BCUT2D eigenvalue weighted by molar-refractivity contribution is 5.96. The Morgan fingerprint density at radius 3 is 2.39 bits per heavy atom. The molecule has 162 valence electrons. The molecule has 2 N–H and O–H groups in total. The van der Waals surface area contributed by atoms with E-state index in [4.69, 9.17) is 4.74 Å². The van der Waals surface area contributed by atoms with Crippen molar-refractivity contribution < 1.29 is 19.1 Å². The van der Waals surface area contributed by atoms with Crippen LogP contribution in [-0.4, -0.2) is 41.5 Å². The zero-order valence-electron chi connectivity index (χ0n) is 17.9. The van der Waals surface area contributed by atoms with Gasteiger partial charge in [0.2, 0.25) is 5.91 Å². The van der Waals surface area contributed by atoms with E-state index in [1.165, 1.54) is 6.92 Å². The van der Waals surface area contributed by atoms with Gasteiger partial charge in [-0.3, -0.25) is 9.59 Å². The van der Waals surface area contributed by atoms with Crippen LogP contribution in [0.2, 0.25) is 0 Å². The van der Waals surface area contributed by atoms with Gasteiger partial charge < -0.3 is 19.9 Å². The van der Waals surface area contributed by atoms with Gasteiger partial charge in [0.1, 0.15) is 6.04 Å². The number of nitrogens with one attached hydrogen (secondary N) is 2. The highest BCUT2D eigenvalue weighted by Gasteiger charge is 2.26. The van der Waals surface area contributed by atoms with Gasteiger partial charge in [0, 0.05) is 42.2 Å². The molecule has 3 aromatic rings. The number of carbonyl (C=O) groups excluding carboxylic acids is 3. The van der Waals surface area contributed by atoms with Crippen LogP contribution in [0.25, 0.3) is 10.9 Å². The standard InChI is InChI=1S/C24H27N3O4/c1-16(2)27(19-9-5-4-6-10-19)23(29)15-31-24(30)22(26-17(3)28)13-18-14-25-21-12-8-7-11-20(18)21/h4-12,14,16,22,25H,13,15H2,1-3H3,(H,26,28)/t22-/m0/s1. The zero-order chi connectivity index (χ0) is 22.4. The van der Waals surface area contributed by atoms with Crippen LogP contribution in [-0.2, 0) is 25.5 Å². The van der Waals surface area contributed by atoms with Gasteiger partial charge in [-0.05, 0) is 37.6 Å². The third kappa shape index (κ3) is 5.51. The fourth-order valence-corrected chi connectivity index (χ4v) is 3.58. The minimum absolute atomic E-state index is 0.106. The van der Waals surface area contributed by atoms with Crippen molar-refractivity contribution >= 4 is 34.4 Å². The van der Waals surface area contributed by atoms with Crippen LogP contribution < -0.4 is 10.2 Å². The largest absolute Gasteiger partial charge is 0.454 e. The number of amides is 2. The van der Waals surface area contributed by atoms with Crippen molar-refractivity contribution in [2.75, 3.05) is 11.5 Å². The number of anilines is 1. The van der Waals surface area contributed by atoms with Gasteiger partial charge in [-0.2, -0.15) is 0 Å². The van der Waals surface area contributed by atoms with E-state index in [2.05, 4.69) is 10.3 Å². The first-order valence-corrected chi connectivity index (χ1v) is 10.2. The summed E-state index contributed by atoms with van der Waals surface area (Å²) < 4.78 is 5.33. The number of carbonyl (C=O) groups is 3. The van der Waals surface area contributed by atoms with Gasteiger partial charge in [0.05, 0.1) is 0 Å². The first kappa shape index (κ1) is 22.1. The van der Waals surface area contributed by atoms with Crippen molar-refractivity contribution in [3.8, 4) is 0 Å². The van der Waals surface area contributed by atoms with Crippen LogP contribution in [0.1, 0.15) is 26.3 Å². The van der Waals surface area contributed by atoms with Crippen LogP contribution in [0, 0.1) is 0 Å². The Morgan fingerprint density at radius 1 is 1.03 bits per heavy atom. The molecule has 1 atom stereocenters. The second-order valence-electron chi connectivity index (χ2n) is 7.62. The molecule has 0 unspecified atom stereocenters. The van der Waals surface area contributed by atoms with Crippen LogP contribution in [0.15, 0.2) is 60.8 Å². The molecule has 0 aliphatic heterocycles. The maximum atomic E-state index is 12.8. The van der Waals surface area contributed by atoms with Crippen LogP contribution >= 0.6 is 0 Å². The third-order valence-corrected chi connectivity index (χ3v) is 4.92. The number of hydrogen-bond donors (Lipinski definition) is 2. The molecule has 2 aromatic carbocycles. The number of ether oxygens (including phenoxy) is 1. The molecular formula is C24H27N3O4. The molecular weight excluding hydrogens is 394 g/mol. The maximum absolute atomic E-state index is 12.8. The number of aromatic amines is 1. The van der Waals surface area contributed by atoms with Gasteiger partial charge in [0.15, 0.2) is 6.61 Å². The summed E-state index contributed by atoms with van der Waals surface area (Å²) in [5.41, 5.74) is 2.56. The molecule has 0 saturated heterocycles. The molecule has 0 saturated carbocycles. The van der Waals surface area contributed by atoms with Crippen molar-refractivity contribution in [2.24, 2.45) is 0 Å². The van der Waals surface area contributed by atoms with E-state index < -0.39 is 18.6 Å². The molecule has 0 aliphatic carbocycles. The number of rotatable bonds is 8. The number of esters is 1. The lowest BCUT2D eigenvalue weighted by Crippen LogP contribution is -2.45. The molecule has 7 nitrogen and oxygen atoms in total. The summed E-state index contributed by atoms with van der Waals surface area (Å²) in [7, 11) is 0. The first-order valence-electron chi connectivity index (χ1n) is 10.2. The number of fused-ring (bicyclic) bond motifs is 1. The Hall–Kier alpha value is -3.61. The minimum atomic E-state index is -0.895. The molecule has 0 bridgehead atoms. The number of aromatic nitrogens is 1. The van der Waals surface area contributed by atoms with E-state index in [9.17, 15) is 14.4 Å². The number of H-pyrrole nitrogens is 1. The highest BCUT2D eigenvalue weighted by atomic mass is 16.5. The molecule has 0 spiro atoms. The Labute approximate surface area is 181 Å². The zero-order valence-corrected chi connectivity index (χ0v) is 17.9. The summed E-state index contributed by atoms with van der Waals surface area (Å²) >= 11 is 0. The van der Waals surface area contributed by atoms with Crippen molar-refractivity contribution in [2.45, 2.75) is 39.3 Å². The second kappa shape index (κ2) is 9.93. The highest BCUT2D eigenvalue weighted by Crippen LogP contribution is 2.20. The number of benzene rings is 2. The van der Waals surface area contributed by atoms with Crippen molar-refractivity contribution in [1.82, 2.24) is 10.3 Å². The second-order valence-corrected chi connectivity index (χ2v) is 7.62. The fourth-order valence-electron chi connectivity index (χ4n) is 3.58. The van der Waals surface area contributed by atoms with E-state index >= 15 is 0 Å². The normalized spacial score (nSPS) is 11.9. The fraction of sp³-hybridized carbons (Fsp3) is 0.292. The lowest BCUT2D eigenvalue weighted by molar-refractivity contribution is -0.151. The van der Waals surface area contributed by atoms with Gasteiger partial charge in [0.25, 0.3) is 5.91 Å². The van der Waals surface area contributed by atoms with Crippen LogP contribution in [0.3, 0.4) is 0 Å². The van der Waals surface area contributed by atoms with Gasteiger partial charge in [-0.25, -0.2) is 4.79 Å². The van der Waals surface area contributed by atoms with Gasteiger partial charge >= 0.3 is 5.97 Å². The summed E-state index contributed by atoms with van der Waals surface area (Å²) in [6.07, 6.45) is 2.07. The van der Waals surface area contributed by atoms with E-state index in [1.807, 2.05) is 74.6 Å². The van der Waals surface area contributed by atoms with E-state index in [1.54, 1.807) is 4.90 Å². The van der Waals surface area contributed by atoms with Crippen LogP contribution in [0.4, 0.5) is 5.69 Å². The summed E-state index contributed by atoms with van der Waals surface area (Å²) in [4.78, 5) is 41.9. The number of hydrogen-bond acceptors (Lipinski definition) is 4. The molecule has 2 amide bonds. The number of nitrogens with zero attached hydrogens (tertiary/aromatic N) is 1. The lowest BCUT2D eigenvalue weighted by atomic mass is 10.0. The van der Waals surface area contributed by atoms with Crippen molar-refractivity contribution in [1.29, 1.82) is 0 Å². The Morgan fingerprint density at radius 2 is 1.71 bits per heavy atom. The molecule has 0 radical (unpaired) electrons. The third-order valence-electron chi connectivity index (χ3n) is 4.92. The monoisotopic (exact) mass is 421 g/mol. The molecule has 31 heavy (non-hydrogen) atoms. The molecule has 0 fully saturated rings. The van der Waals surface area contributed by atoms with Gasteiger partial charge in [-0.1, -0.05) is 36.4 Å². The van der Waals surface area contributed by atoms with Crippen LogP contribution in [0.5, 0.6) is 0 Å². The minimum Gasteiger partial charge on any atom is -0.454 e. The average molecular weight is 421 g/mol. The van der Waals surface area contributed by atoms with E-state index in [-0.39, 0.29) is 24.3 Å². The first-order chi connectivity index (χ1) is 14.9. The lowest BCUT2D eigenvalue weighted by Gasteiger charge is -2.27. The predicted octanol–water partition coefficient (Wildman–Crippen LogP) is 3.20. The van der Waals surface area contributed by atoms with E-state index in [0.717, 1.165) is 22.2 Å². The smallest absolute Gasteiger partial charge is 0.329 e. The molecule has 0 aliphatic rings. The summed E-state index contributed by atoms with van der Waals surface area (Å²) in [5, 5.41) is 3.61. The molecule has 1 aromatic heterocycles. The van der Waals surface area contributed by atoms with Gasteiger partial charge in [-0.15, -0.1) is 0 Å².